The number of likely N-dealkylation sites (tertiary alicyclic amines) is 1. The number of nitrogens with zero attached hydrogens (tertiary/aromatic N) is 1. The molecule has 1 rings (SSSR count). The van der Waals surface area contributed by atoms with Gasteiger partial charge in [0, 0.05) is 19.0 Å². The molecule has 1 aliphatic rings. The Labute approximate surface area is 118 Å². The molecule has 1 aliphatic heterocycles. The van der Waals surface area contributed by atoms with Crippen LogP contribution in [0.1, 0.15) is 33.6 Å². The maximum absolute atomic E-state index is 12.0. The van der Waals surface area contributed by atoms with E-state index in [1.54, 1.807) is 20.8 Å². The number of aliphatic hydroxyl groups excluding tert-OH is 1. The Hall–Kier alpha value is -1.34. The minimum atomic E-state index is -1.33. The molecule has 7 nitrogen and oxygen atoms in total. The van der Waals surface area contributed by atoms with Crippen LogP contribution in [0.5, 0.6) is 0 Å². The number of piperidine rings is 1. The summed E-state index contributed by atoms with van der Waals surface area (Å²) in [6.07, 6.45) is -0.287. The van der Waals surface area contributed by atoms with Crippen LogP contribution in [-0.2, 0) is 9.53 Å². The Morgan fingerprint density at radius 2 is 2.00 bits per heavy atom. The summed E-state index contributed by atoms with van der Waals surface area (Å²) in [5, 5.41) is 18.8. The van der Waals surface area contributed by atoms with E-state index < -0.39 is 29.8 Å². The fraction of sp³-hybridized carbons (Fsp3) is 0.846. The zero-order valence-electron chi connectivity index (χ0n) is 12.2. The molecule has 7 heteroatoms. The van der Waals surface area contributed by atoms with Gasteiger partial charge in [-0.1, -0.05) is 0 Å². The molecule has 3 unspecified atom stereocenters. The van der Waals surface area contributed by atoms with Gasteiger partial charge in [0.05, 0.1) is 6.10 Å². The zero-order chi connectivity index (χ0) is 15.5. The van der Waals surface area contributed by atoms with Crippen LogP contribution >= 0.6 is 0 Å². The summed E-state index contributed by atoms with van der Waals surface area (Å²) in [6, 6.07) is -1.33. The minimum Gasteiger partial charge on any atom is -0.480 e. The van der Waals surface area contributed by atoms with E-state index in [0.717, 1.165) is 0 Å². The van der Waals surface area contributed by atoms with Crippen molar-refractivity contribution in [2.24, 2.45) is 11.7 Å². The molecular formula is C13H24N2O5. The molecule has 0 radical (unpaired) electrons. The summed E-state index contributed by atoms with van der Waals surface area (Å²) >= 11 is 0. The molecule has 20 heavy (non-hydrogen) atoms. The molecule has 1 heterocycles. The van der Waals surface area contributed by atoms with Gasteiger partial charge in [-0.05, 0) is 33.6 Å². The van der Waals surface area contributed by atoms with Crippen molar-refractivity contribution in [3.63, 3.8) is 0 Å². The van der Waals surface area contributed by atoms with Gasteiger partial charge < -0.3 is 25.6 Å². The maximum Gasteiger partial charge on any atom is 0.410 e. The van der Waals surface area contributed by atoms with Gasteiger partial charge in [0.1, 0.15) is 11.6 Å². The number of nitrogens with two attached hydrogens (primary N) is 1. The molecule has 4 N–H and O–H groups in total. The van der Waals surface area contributed by atoms with E-state index in [0.29, 0.717) is 19.4 Å². The van der Waals surface area contributed by atoms with Gasteiger partial charge in [-0.3, -0.25) is 4.79 Å². The van der Waals surface area contributed by atoms with Crippen molar-refractivity contribution in [2.45, 2.75) is 51.4 Å². The predicted molar refractivity (Wildman–Crippen MR) is 72.1 cm³/mol. The molecule has 1 fully saturated rings. The van der Waals surface area contributed by atoms with Crippen LogP contribution in [0.3, 0.4) is 0 Å². The molecule has 1 amide bonds. The van der Waals surface area contributed by atoms with Crippen LogP contribution in [0.25, 0.3) is 0 Å². The maximum atomic E-state index is 12.0. The van der Waals surface area contributed by atoms with Crippen molar-refractivity contribution < 1.29 is 24.5 Å². The third kappa shape index (κ3) is 4.64. The summed E-state index contributed by atoms with van der Waals surface area (Å²) in [5.41, 5.74) is 4.85. The van der Waals surface area contributed by atoms with Crippen molar-refractivity contribution in [1.29, 1.82) is 0 Å². The number of hydrogen-bond acceptors (Lipinski definition) is 5. The van der Waals surface area contributed by atoms with Gasteiger partial charge >= 0.3 is 12.1 Å². The van der Waals surface area contributed by atoms with Gasteiger partial charge in [-0.15, -0.1) is 0 Å². The Balaban J connectivity index is 2.62. The Bertz CT molecular complexity index is 366. The van der Waals surface area contributed by atoms with Crippen LogP contribution in [-0.4, -0.2) is 58.0 Å². The van der Waals surface area contributed by atoms with Crippen molar-refractivity contribution in [3.05, 3.63) is 0 Å². The normalized spacial score (nSPS) is 23.1. The third-order valence-electron chi connectivity index (χ3n) is 3.25. The number of carboxylic acid groups (broad SMARTS) is 1. The highest BCUT2D eigenvalue weighted by molar-refractivity contribution is 5.74. The number of hydrogen-bond donors (Lipinski definition) is 3. The molecule has 0 aliphatic carbocycles. The van der Waals surface area contributed by atoms with Crippen LogP contribution in [0.15, 0.2) is 0 Å². The van der Waals surface area contributed by atoms with Crippen molar-refractivity contribution in [2.75, 3.05) is 13.1 Å². The zero-order valence-corrected chi connectivity index (χ0v) is 12.2. The molecule has 3 atom stereocenters. The lowest BCUT2D eigenvalue weighted by atomic mass is 9.89. The summed E-state index contributed by atoms with van der Waals surface area (Å²) in [7, 11) is 0. The van der Waals surface area contributed by atoms with E-state index in [9.17, 15) is 14.7 Å². The lowest BCUT2D eigenvalue weighted by Gasteiger charge is -2.36. The molecule has 1 saturated heterocycles. The van der Waals surface area contributed by atoms with Crippen LogP contribution < -0.4 is 5.73 Å². The average Bonchev–Trinajstić information content (AvgIpc) is 2.35. The van der Waals surface area contributed by atoms with E-state index in [-0.39, 0.29) is 12.5 Å². The van der Waals surface area contributed by atoms with Gasteiger partial charge in [-0.2, -0.15) is 0 Å². The highest BCUT2D eigenvalue weighted by atomic mass is 16.6. The van der Waals surface area contributed by atoms with E-state index in [4.69, 9.17) is 15.6 Å². The highest BCUT2D eigenvalue weighted by Gasteiger charge is 2.35. The fourth-order valence-electron chi connectivity index (χ4n) is 2.22. The number of carbonyl (C=O) groups excluding carboxylic acids is 1. The van der Waals surface area contributed by atoms with Crippen LogP contribution in [0.2, 0.25) is 0 Å². The highest BCUT2D eigenvalue weighted by Crippen LogP contribution is 2.23. The average molecular weight is 288 g/mol. The number of ether oxygens (including phenoxy) is 1. The SMILES string of the molecule is CC(C)(C)OC(=O)N1CCCC(C(O)C(N)C(=O)O)C1. The fourth-order valence-corrected chi connectivity index (χ4v) is 2.22. The summed E-state index contributed by atoms with van der Waals surface area (Å²) < 4.78 is 5.27. The van der Waals surface area contributed by atoms with E-state index in [2.05, 4.69) is 0 Å². The number of carboxylic acids is 1. The van der Waals surface area contributed by atoms with Crippen LogP contribution in [0.4, 0.5) is 4.79 Å². The lowest BCUT2D eigenvalue weighted by Crippen LogP contribution is -2.52. The lowest BCUT2D eigenvalue weighted by molar-refractivity contribution is -0.142. The summed E-state index contributed by atoms with van der Waals surface area (Å²) in [6.45, 7) is 6.14. The largest absolute Gasteiger partial charge is 0.480 e. The van der Waals surface area contributed by atoms with Gasteiger partial charge in [0.2, 0.25) is 0 Å². The Morgan fingerprint density at radius 3 is 2.50 bits per heavy atom. The second-order valence-electron chi connectivity index (χ2n) is 6.18. The first kappa shape index (κ1) is 16.7. The summed E-state index contributed by atoms with van der Waals surface area (Å²) in [4.78, 5) is 24.3. The molecule has 0 aromatic heterocycles. The van der Waals surface area contributed by atoms with Crippen LogP contribution in [0, 0.1) is 5.92 Å². The third-order valence-corrected chi connectivity index (χ3v) is 3.25. The molecule has 0 bridgehead atoms. The number of aliphatic carboxylic acids is 1. The Kier molecular flexibility index (Phi) is 5.35. The number of rotatable bonds is 3. The predicted octanol–water partition coefficient (Wildman–Crippen LogP) is 0.406. The molecule has 0 aromatic carbocycles. The van der Waals surface area contributed by atoms with Crippen molar-refractivity contribution >= 4 is 12.1 Å². The smallest absolute Gasteiger partial charge is 0.410 e. The minimum absolute atomic E-state index is 0.261. The molecule has 116 valence electrons. The first-order chi connectivity index (χ1) is 9.11. The standard InChI is InChI=1S/C13H24N2O5/c1-13(2,3)20-12(19)15-6-4-5-8(7-15)10(16)9(14)11(17)18/h8-10,16H,4-7,14H2,1-3H3,(H,17,18). The van der Waals surface area contributed by atoms with E-state index in [1.165, 1.54) is 4.90 Å². The second-order valence-corrected chi connectivity index (χ2v) is 6.18. The molecular weight excluding hydrogens is 264 g/mol. The first-order valence-electron chi connectivity index (χ1n) is 6.76. The molecule has 0 aromatic rings. The molecule has 0 spiro atoms. The molecule has 0 saturated carbocycles. The van der Waals surface area contributed by atoms with Crippen molar-refractivity contribution in [1.82, 2.24) is 4.90 Å². The van der Waals surface area contributed by atoms with E-state index in [1.807, 2.05) is 0 Å². The monoisotopic (exact) mass is 288 g/mol. The number of carbonyl (C=O) groups is 2. The quantitative estimate of drug-likeness (QED) is 0.693. The topological polar surface area (TPSA) is 113 Å². The van der Waals surface area contributed by atoms with Gasteiger partial charge in [0.25, 0.3) is 0 Å². The van der Waals surface area contributed by atoms with Gasteiger partial charge in [0.15, 0.2) is 0 Å². The first-order valence-corrected chi connectivity index (χ1v) is 6.76. The summed E-state index contributed by atoms with van der Waals surface area (Å²) in [5.74, 6) is -1.59. The number of amides is 1. The van der Waals surface area contributed by atoms with Gasteiger partial charge in [-0.25, -0.2) is 4.79 Å². The second kappa shape index (κ2) is 6.41. The Morgan fingerprint density at radius 1 is 1.40 bits per heavy atom. The van der Waals surface area contributed by atoms with E-state index >= 15 is 0 Å². The van der Waals surface area contributed by atoms with Crippen molar-refractivity contribution in [3.8, 4) is 0 Å². The number of aliphatic hydroxyl groups is 1.